The Hall–Kier alpha value is -2.42. The van der Waals surface area contributed by atoms with Crippen molar-refractivity contribution in [2.45, 2.75) is 56.3 Å². The van der Waals surface area contributed by atoms with E-state index in [1.165, 1.54) is 11.8 Å². The third kappa shape index (κ3) is 11.8. The molecule has 0 aliphatic rings. The Labute approximate surface area is 190 Å². The Bertz CT molecular complexity index is 651. The van der Waals surface area contributed by atoms with Crippen LogP contribution >= 0.6 is 11.8 Å². The lowest BCUT2D eigenvalue weighted by Crippen LogP contribution is -2.58. The van der Waals surface area contributed by atoms with Gasteiger partial charge in [-0.3, -0.25) is 19.2 Å². The van der Waals surface area contributed by atoms with E-state index in [2.05, 4.69) is 16.0 Å². The molecule has 32 heavy (non-hydrogen) atoms. The highest BCUT2D eigenvalue weighted by atomic mass is 32.2. The Balaban J connectivity index is 5.15. The minimum absolute atomic E-state index is 0.0933. The van der Waals surface area contributed by atoms with Crippen LogP contribution in [0.1, 0.15) is 32.1 Å². The number of thioether (sulfide) groups is 1. The number of carboxylic acid groups (broad SMARTS) is 2. The fraction of sp³-hybridized carbons (Fsp3) is 0.722. The van der Waals surface area contributed by atoms with E-state index in [1.807, 2.05) is 6.26 Å². The van der Waals surface area contributed by atoms with Gasteiger partial charge in [0.1, 0.15) is 18.1 Å². The van der Waals surface area contributed by atoms with Crippen LogP contribution in [-0.2, 0) is 24.0 Å². The number of nitrogens with one attached hydrogen (secondary N) is 3. The number of unbranched alkanes of at least 4 members (excludes halogenated alkanes) is 1. The van der Waals surface area contributed by atoms with Crippen molar-refractivity contribution >= 4 is 41.4 Å². The molecule has 0 spiro atoms. The molecule has 13 nitrogen and oxygen atoms in total. The third-order valence-corrected chi connectivity index (χ3v) is 5.00. The average Bonchev–Trinajstić information content (AvgIpc) is 2.73. The number of carboxylic acids is 2. The van der Waals surface area contributed by atoms with Gasteiger partial charge >= 0.3 is 11.9 Å². The van der Waals surface area contributed by atoms with Crippen molar-refractivity contribution in [3.63, 3.8) is 0 Å². The normalized spacial score (nSPS) is 14.5. The molecule has 0 radical (unpaired) electrons. The standard InChI is InChI=1S/C18H33N5O8S/c1-32-7-5-10(20)15(27)22-12(8-14(25)26)16(28)23-13(9-24)17(29)21-11(18(30)31)4-2-3-6-19/h10-13,24H,2-9,19-20H2,1H3,(H,21,29)(H,22,27)(H,23,28)(H,25,26)(H,30,31). The summed E-state index contributed by atoms with van der Waals surface area (Å²) >= 11 is 1.46. The molecule has 4 unspecified atom stereocenters. The highest BCUT2D eigenvalue weighted by Gasteiger charge is 2.31. The molecule has 4 atom stereocenters. The van der Waals surface area contributed by atoms with Crippen LogP contribution in [0.2, 0.25) is 0 Å². The maximum absolute atomic E-state index is 12.5. The lowest BCUT2D eigenvalue weighted by atomic mass is 10.1. The Morgan fingerprint density at radius 1 is 0.875 bits per heavy atom. The number of aliphatic carboxylic acids is 2. The van der Waals surface area contributed by atoms with Gasteiger partial charge in [0.25, 0.3) is 0 Å². The predicted molar refractivity (Wildman–Crippen MR) is 117 cm³/mol. The van der Waals surface area contributed by atoms with Crippen molar-refractivity contribution in [2.24, 2.45) is 11.5 Å². The molecule has 0 bridgehead atoms. The summed E-state index contributed by atoms with van der Waals surface area (Å²) in [5, 5.41) is 34.3. The van der Waals surface area contributed by atoms with Gasteiger partial charge in [-0.2, -0.15) is 11.8 Å². The van der Waals surface area contributed by atoms with Gasteiger partial charge in [0.2, 0.25) is 17.7 Å². The van der Waals surface area contributed by atoms with Crippen LogP contribution in [0, 0.1) is 0 Å². The lowest BCUT2D eigenvalue weighted by Gasteiger charge is -2.23. The molecule has 184 valence electrons. The number of aliphatic hydroxyl groups is 1. The summed E-state index contributed by atoms with van der Waals surface area (Å²) in [4.78, 5) is 59.4. The molecular weight excluding hydrogens is 446 g/mol. The Kier molecular flexibility index (Phi) is 15.0. The molecule has 0 aliphatic carbocycles. The van der Waals surface area contributed by atoms with Crippen LogP contribution in [0.5, 0.6) is 0 Å². The van der Waals surface area contributed by atoms with E-state index in [9.17, 15) is 34.2 Å². The molecule has 0 aromatic heterocycles. The van der Waals surface area contributed by atoms with Crippen LogP contribution in [-0.4, -0.2) is 94.3 Å². The smallest absolute Gasteiger partial charge is 0.326 e. The van der Waals surface area contributed by atoms with Crippen molar-refractivity contribution in [1.82, 2.24) is 16.0 Å². The summed E-state index contributed by atoms with van der Waals surface area (Å²) in [6, 6.07) is -5.34. The van der Waals surface area contributed by atoms with Gasteiger partial charge in [0.15, 0.2) is 0 Å². The Morgan fingerprint density at radius 2 is 1.44 bits per heavy atom. The fourth-order valence-corrected chi connectivity index (χ4v) is 3.02. The van der Waals surface area contributed by atoms with Gasteiger partial charge in [-0.15, -0.1) is 0 Å². The van der Waals surface area contributed by atoms with E-state index in [4.69, 9.17) is 16.6 Å². The van der Waals surface area contributed by atoms with E-state index in [0.717, 1.165) is 0 Å². The molecule has 0 saturated carbocycles. The molecule has 0 rings (SSSR count). The van der Waals surface area contributed by atoms with E-state index in [0.29, 0.717) is 31.6 Å². The molecule has 0 aliphatic heterocycles. The quantitative estimate of drug-likeness (QED) is 0.0992. The number of aliphatic hydroxyl groups excluding tert-OH is 1. The largest absolute Gasteiger partial charge is 0.481 e. The molecule has 14 heteroatoms. The predicted octanol–water partition coefficient (Wildman–Crippen LogP) is -2.80. The first-order valence-corrected chi connectivity index (χ1v) is 11.4. The van der Waals surface area contributed by atoms with E-state index in [1.54, 1.807) is 0 Å². The highest BCUT2D eigenvalue weighted by molar-refractivity contribution is 7.98. The second-order valence-corrected chi connectivity index (χ2v) is 7.96. The average molecular weight is 480 g/mol. The number of carbonyl (C=O) groups excluding carboxylic acids is 3. The maximum Gasteiger partial charge on any atom is 0.326 e. The van der Waals surface area contributed by atoms with E-state index < -0.39 is 66.9 Å². The molecule has 3 amide bonds. The lowest BCUT2D eigenvalue weighted by molar-refractivity contribution is -0.143. The summed E-state index contributed by atoms with van der Waals surface area (Å²) in [6.45, 7) is -0.527. The summed E-state index contributed by atoms with van der Waals surface area (Å²) in [6.07, 6.45) is 2.41. The summed E-state index contributed by atoms with van der Waals surface area (Å²) < 4.78 is 0. The van der Waals surface area contributed by atoms with Gasteiger partial charge in [-0.25, -0.2) is 4.79 Å². The molecule has 0 aromatic rings. The van der Waals surface area contributed by atoms with Crippen molar-refractivity contribution in [3.05, 3.63) is 0 Å². The van der Waals surface area contributed by atoms with Gasteiger partial charge in [0.05, 0.1) is 19.1 Å². The number of amides is 3. The first-order chi connectivity index (χ1) is 15.1. The van der Waals surface area contributed by atoms with Crippen LogP contribution < -0.4 is 27.4 Å². The fourth-order valence-electron chi connectivity index (χ4n) is 2.53. The van der Waals surface area contributed by atoms with Crippen LogP contribution in [0.4, 0.5) is 0 Å². The van der Waals surface area contributed by atoms with E-state index >= 15 is 0 Å². The highest BCUT2D eigenvalue weighted by Crippen LogP contribution is 2.03. The van der Waals surface area contributed by atoms with E-state index in [-0.39, 0.29) is 6.42 Å². The van der Waals surface area contributed by atoms with Crippen molar-refractivity contribution in [2.75, 3.05) is 25.2 Å². The van der Waals surface area contributed by atoms with Crippen molar-refractivity contribution in [3.8, 4) is 0 Å². The Morgan fingerprint density at radius 3 is 1.94 bits per heavy atom. The summed E-state index contributed by atoms with van der Waals surface area (Å²) in [5.74, 6) is -4.86. The number of nitrogens with two attached hydrogens (primary N) is 2. The van der Waals surface area contributed by atoms with Crippen molar-refractivity contribution < 1.29 is 39.3 Å². The monoisotopic (exact) mass is 479 g/mol. The van der Waals surface area contributed by atoms with Crippen molar-refractivity contribution in [1.29, 1.82) is 0 Å². The van der Waals surface area contributed by atoms with Gasteiger partial charge < -0.3 is 42.7 Å². The molecule has 0 heterocycles. The summed E-state index contributed by atoms with van der Waals surface area (Å²) in [5.41, 5.74) is 11.1. The van der Waals surface area contributed by atoms with Gasteiger partial charge in [-0.05, 0) is 44.2 Å². The minimum atomic E-state index is -1.56. The number of carbonyl (C=O) groups is 5. The molecular formula is C18H33N5O8S. The van der Waals surface area contributed by atoms with Crippen LogP contribution in [0.25, 0.3) is 0 Å². The molecule has 0 fully saturated rings. The number of hydrogen-bond donors (Lipinski definition) is 8. The van der Waals surface area contributed by atoms with Crippen LogP contribution in [0.15, 0.2) is 0 Å². The van der Waals surface area contributed by atoms with Gasteiger partial charge in [-0.1, -0.05) is 0 Å². The SMILES string of the molecule is CSCCC(N)C(=O)NC(CC(=O)O)C(=O)NC(CO)C(=O)NC(CCCCN)C(=O)O. The second kappa shape index (κ2) is 16.2. The molecule has 0 aromatic carbocycles. The zero-order valence-electron chi connectivity index (χ0n) is 17.9. The molecule has 0 saturated heterocycles. The number of rotatable bonds is 17. The number of hydrogen-bond acceptors (Lipinski definition) is 9. The zero-order valence-corrected chi connectivity index (χ0v) is 18.7. The molecule has 10 N–H and O–H groups in total. The van der Waals surface area contributed by atoms with Gasteiger partial charge in [0, 0.05) is 0 Å². The maximum atomic E-state index is 12.5. The second-order valence-electron chi connectivity index (χ2n) is 6.97. The minimum Gasteiger partial charge on any atom is -0.481 e. The topological polar surface area (TPSA) is 234 Å². The zero-order chi connectivity index (χ0) is 24.7. The summed E-state index contributed by atoms with van der Waals surface area (Å²) in [7, 11) is 0. The first kappa shape index (κ1) is 29.6. The third-order valence-electron chi connectivity index (χ3n) is 4.36. The van der Waals surface area contributed by atoms with Crippen LogP contribution in [0.3, 0.4) is 0 Å². The first-order valence-electron chi connectivity index (χ1n) is 9.98.